The zero-order chi connectivity index (χ0) is 8.91. The molecule has 1 N–H and O–H groups in total. The van der Waals surface area contributed by atoms with Gasteiger partial charge in [-0.15, -0.1) is 0 Å². The van der Waals surface area contributed by atoms with E-state index in [1.165, 1.54) is 6.42 Å². The van der Waals surface area contributed by atoms with E-state index in [9.17, 15) is 0 Å². The smallest absolute Gasteiger partial charge is 0.0484 e. The highest BCUT2D eigenvalue weighted by Gasteiger charge is 2.20. The van der Waals surface area contributed by atoms with E-state index in [2.05, 4.69) is 27.7 Å². The van der Waals surface area contributed by atoms with Crippen LogP contribution in [0, 0.1) is 11.3 Å². The van der Waals surface area contributed by atoms with Crippen LogP contribution in [0.5, 0.6) is 0 Å². The topological polar surface area (TPSA) is 20.2 Å². The summed E-state index contributed by atoms with van der Waals surface area (Å²) in [5.74, 6) is 0.757. The maximum Gasteiger partial charge on any atom is 0.0484 e. The zero-order valence-corrected chi connectivity index (χ0v) is 8.35. The van der Waals surface area contributed by atoms with Gasteiger partial charge in [0.05, 0.1) is 0 Å². The van der Waals surface area contributed by atoms with Gasteiger partial charge in [-0.25, -0.2) is 0 Å². The molecule has 0 aromatic heterocycles. The monoisotopic (exact) mass is 158 g/mol. The van der Waals surface area contributed by atoms with Crippen molar-refractivity contribution in [1.29, 1.82) is 0 Å². The lowest BCUT2D eigenvalue weighted by Gasteiger charge is -2.26. The molecule has 0 aromatic rings. The molecule has 1 atom stereocenters. The Balaban J connectivity index is 3.69. The van der Waals surface area contributed by atoms with Crippen LogP contribution in [0.25, 0.3) is 0 Å². The van der Waals surface area contributed by atoms with Gasteiger partial charge in [0.2, 0.25) is 0 Å². The number of aliphatic hydroxyl groups is 1. The van der Waals surface area contributed by atoms with Crippen molar-refractivity contribution in [2.75, 3.05) is 6.61 Å². The Kier molecular flexibility index (Phi) is 4.74. The number of hydrogen-bond acceptors (Lipinski definition) is 1. The van der Waals surface area contributed by atoms with Gasteiger partial charge in [-0.2, -0.15) is 0 Å². The van der Waals surface area contributed by atoms with Crippen LogP contribution in [0.4, 0.5) is 0 Å². The lowest BCUT2D eigenvalue weighted by Crippen LogP contribution is -2.20. The standard InChI is InChI=1S/C10H22O/c1-5-10(4,8-11)7-6-9(2)3/h9,11H,5-8H2,1-4H3. The molecule has 0 bridgehead atoms. The molecule has 1 heteroatoms. The van der Waals surface area contributed by atoms with Crippen molar-refractivity contribution in [2.24, 2.45) is 11.3 Å². The Morgan fingerprint density at radius 2 is 1.91 bits per heavy atom. The maximum atomic E-state index is 9.10. The van der Waals surface area contributed by atoms with Crippen LogP contribution >= 0.6 is 0 Å². The molecule has 1 unspecified atom stereocenters. The Hall–Kier alpha value is -0.0400. The van der Waals surface area contributed by atoms with Crippen molar-refractivity contribution in [3.63, 3.8) is 0 Å². The predicted octanol–water partition coefficient (Wildman–Crippen LogP) is 2.83. The third-order valence-electron chi connectivity index (χ3n) is 2.56. The van der Waals surface area contributed by atoms with Gasteiger partial charge in [-0.3, -0.25) is 0 Å². The molecule has 0 aromatic carbocycles. The molecular weight excluding hydrogens is 136 g/mol. The van der Waals surface area contributed by atoms with Gasteiger partial charge >= 0.3 is 0 Å². The fraction of sp³-hybridized carbons (Fsp3) is 1.00. The van der Waals surface area contributed by atoms with Crippen LogP contribution in [-0.4, -0.2) is 11.7 Å². The highest BCUT2D eigenvalue weighted by atomic mass is 16.3. The normalized spacial score (nSPS) is 16.9. The van der Waals surface area contributed by atoms with Crippen molar-refractivity contribution in [3.05, 3.63) is 0 Å². The summed E-state index contributed by atoms with van der Waals surface area (Å²) >= 11 is 0. The van der Waals surface area contributed by atoms with E-state index in [1.54, 1.807) is 0 Å². The van der Waals surface area contributed by atoms with E-state index in [4.69, 9.17) is 5.11 Å². The van der Waals surface area contributed by atoms with Gasteiger partial charge in [-0.05, 0) is 24.2 Å². The Bertz CT molecular complexity index is 93.0. The predicted molar refractivity (Wildman–Crippen MR) is 49.6 cm³/mol. The summed E-state index contributed by atoms with van der Waals surface area (Å²) in [7, 11) is 0. The summed E-state index contributed by atoms with van der Waals surface area (Å²) in [5.41, 5.74) is 0.171. The van der Waals surface area contributed by atoms with E-state index >= 15 is 0 Å². The SMILES string of the molecule is CCC(C)(CO)CCC(C)C. The third kappa shape index (κ3) is 4.41. The van der Waals surface area contributed by atoms with Crippen LogP contribution in [0.3, 0.4) is 0 Å². The van der Waals surface area contributed by atoms with Crippen molar-refractivity contribution in [1.82, 2.24) is 0 Å². The van der Waals surface area contributed by atoms with Gasteiger partial charge in [-0.1, -0.05) is 34.1 Å². The molecular formula is C10H22O. The molecule has 0 aliphatic rings. The number of hydrogen-bond donors (Lipinski definition) is 1. The molecule has 0 amide bonds. The van der Waals surface area contributed by atoms with Crippen LogP contribution in [-0.2, 0) is 0 Å². The molecule has 0 saturated heterocycles. The minimum absolute atomic E-state index is 0.171. The summed E-state index contributed by atoms with van der Waals surface area (Å²) in [5, 5.41) is 9.10. The van der Waals surface area contributed by atoms with Crippen molar-refractivity contribution >= 4 is 0 Å². The molecule has 0 radical (unpaired) electrons. The van der Waals surface area contributed by atoms with Crippen LogP contribution < -0.4 is 0 Å². The molecule has 0 saturated carbocycles. The Labute approximate surface area is 70.8 Å². The average Bonchev–Trinajstić information content (AvgIpc) is 2.00. The van der Waals surface area contributed by atoms with Crippen molar-refractivity contribution < 1.29 is 5.11 Å². The van der Waals surface area contributed by atoms with E-state index in [1.807, 2.05) is 0 Å². The molecule has 0 heterocycles. The molecule has 11 heavy (non-hydrogen) atoms. The van der Waals surface area contributed by atoms with Gasteiger partial charge in [0, 0.05) is 6.61 Å². The molecule has 0 aliphatic carbocycles. The minimum atomic E-state index is 0.171. The quantitative estimate of drug-likeness (QED) is 0.652. The highest BCUT2D eigenvalue weighted by Crippen LogP contribution is 2.28. The highest BCUT2D eigenvalue weighted by molar-refractivity contribution is 4.71. The van der Waals surface area contributed by atoms with E-state index in [0.717, 1.165) is 18.8 Å². The van der Waals surface area contributed by atoms with E-state index in [0.29, 0.717) is 6.61 Å². The lowest BCUT2D eigenvalue weighted by atomic mass is 9.82. The maximum absolute atomic E-state index is 9.10. The molecule has 0 aliphatic heterocycles. The van der Waals surface area contributed by atoms with Crippen molar-refractivity contribution in [3.8, 4) is 0 Å². The second-order valence-electron chi connectivity index (χ2n) is 4.25. The van der Waals surface area contributed by atoms with E-state index < -0.39 is 0 Å². The van der Waals surface area contributed by atoms with Gasteiger partial charge in [0.25, 0.3) is 0 Å². The van der Waals surface area contributed by atoms with Gasteiger partial charge in [0.1, 0.15) is 0 Å². The first-order valence-electron chi connectivity index (χ1n) is 4.65. The Morgan fingerprint density at radius 3 is 2.18 bits per heavy atom. The summed E-state index contributed by atoms with van der Waals surface area (Å²) in [6, 6.07) is 0. The molecule has 0 spiro atoms. The second kappa shape index (κ2) is 4.76. The molecule has 0 fully saturated rings. The Morgan fingerprint density at radius 1 is 1.36 bits per heavy atom. The molecule has 68 valence electrons. The zero-order valence-electron chi connectivity index (χ0n) is 8.35. The van der Waals surface area contributed by atoms with Crippen LogP contribution in [0.15, 0.2) is 0 Å². The van der Waals surface area contributed by atoms with Gasteiger partial charge in [0.15, 0.2) is 0 Å². The van der Waals surface area contributed by atoms with Gasteiger partial charge < -0.3 is 5.11 Å². The average molecular weight is 158 g/mol. The van der Waals surface area contributed by atoms with Crippen LogP contribution in [0.2, 0.25) is 0 Å². The largest absolute Gasteiger partial charge is 0.396 e. The van der Waals surface area contributed by atoms with Crippen molar-refractivity contribution in [2.45, 2.75) is 47.0 Å². The molecule has 1 nitrogen and oxygen atoms in total. The summed E-state index contributed by atoms with van der Waals surface area (Å²) in [6.45, 7) is 9.10. The third-order valence-corrected chi connectivity index (χ3v) is 2.56. The second-order valence-corrected chi connectivity index (χ2v) is 4.25. The number of rotatable bonds is 5. The fourth-order valence-electron chi connectivity index (χ4n) is 1.00. The first-order valence-corrected chi connectivity index (χ1v) is 4.65. The fourth-order valence-corrected chi connectivity index (χ4v) is 1.00. The first-order chi connectivity index (χ1) is 5.04. The number of aliphatic hydroxyl groups excluding tert-OH is 1. The summed E-state index contributed by atoms with van der Waals surface area (Å²) < 4.78 is 0. The first kappa shape index (κ1) is 11.0. The lowest BCUT2D eigenvalue weighted by molar-refractivity contribution is 0.121. The van der Waals surface area contributed by atoms with E-state index in [-0.39, 0.29) is 5.41 Å². The van der Waals surface area contributed by atoms with Crippen LogP contribution in [0.1, 0.15) is 47.0 Å². The summed E-state index contributed by atoms with van der Waals surface area (Å²) in [6.07, 6.45) is 3.46. The summed E-state index contributed by atoms with van der Waals surface area (Å²) in [4.78, 5) is 0. The minimum Gasteiger partial charge on any atom is -0.396 e. The molecule has 0 rings (SSSR count).